The van der Waals surface area contributed by atoms with Crippen LogP contribution >= 0.6 is 11.6 Å². The second kappa shape index (κ2) is 7.49. The van der Waals surface area contributed by atoms with Crippen LogP contribution in [0.3, 0.4) is 0 Å². The summed E-state index contributed by atoms with van der Waals surface area (Å²) in [5.41, 5.74) is 0.974. The normalized spacial score (nSPS) is 10.8. The zero-order valence-corrected chi connectivity index (χ0v) is 14.6. The van der Waals surface area contributed by atoms with Gasteiger partial charge in [-0.1, -0.05) is 48.9 Å². The van der Waals surface area contributed by atoms with Crippen molar-refractivity contribution in [3.63, 3.8) is 0 Å². The molecule has 1 N–H and O–H groups in total. The van der Waals surface area contributed by atoms with Crippen LogP contribution < -0.4 is 10.9 Å². The van der Waals surface area contributed by atoms with Gasteiger partial charge in [-0.2, -0.15) is 5.10 Å². The maximum Gasteiger partial charge on any atom is 0.274 e. The summed E-state index contributed by atoms with van der Waals surface area (Å²) in [6.45, 7) is 2.77. The number of carbonyl (C=O) groups is 1. The average molecular weight is 356 g/mol. The Morgan fingerprint density at radius 1 is 1.16 bits per heavy atom. The molecule has 1 amide bonds. The molecule has 0 unspecified atom stereocenters. The van der Waals surface area contributed by atoms with E-state index in [0.717, 1.165) is 12.0 Å². The lowest BCUT2D eigenvalue weighted by molar-refractivity contribution is 0.0945. The third-order valence-corrected chi connectivity index (χ3v) is 4.10. The first-order chi connectivity index (χ1) is 12.1. The summed E-state index contributed by atoms with van der Waals surface area (Å²) in [5.74, 6) is -0.318. The number of aryl methyl sites for hydroxylation is 1. The maximum absolute atomic E-state index is 12.7. The minimum Gasteiger partial charge on any atom is -0.347 e. The molecule has 0 saturated heterocycles. The fourth-order valence-corrected chi connectivity index (χ4v) is 2.89. The number of rotatable bonds is 5. The van der Waals surface area contributed by atoms with Crippen LogP contribution in [-0.4, -0.2) is 15.7 Å². The van der Waals surface area contributed by atoms with Crippen molar-refractivity contribution in [2.75, 3.05) is 0 Å². The monoisotopic (exact) mass is 355 g/mol. The summed E-state index contributed by atoms with van der Waals surface area (Å²) in [7, 11) is 0. The number of hydrogen-bond donors (Lipinski definition) is 1. The number of halogens is 1. The van der Waals surface area contributed by atoms with Crippen molar-refractivity contribution in [2.24, 2.45) is 0 Å². The number of nitrogens with zero attached hydrogens (tertiary/aromatic N) is 2. The molecule has 128 valence electrons. The smallest absolute Gasteiger partial charge is 0.274 e. The van der Waals surface area contributed by atoms with Crippen LogP contribution in [0, 0.1) is 0 Å². The number of carbonyl (C=O) groups excluding carboxylic acids is 1. The molecule has 0 radical (unpaired) electrons. The van der Waals surface area contributed by atoms with Crippen LogP contribution in [0.4, 0.5) is 0 Å². The van der Waals surface area contributed by atoms with E-state index in [1.165, 1.54) is 4.68 Å². The Morgan fingerprint density at radius 3 is 2.64 bits per heavy atom. The van der Waals surface area contributed by atoms with Crippen LogP contribution in [0.1, 0.15) is 29.4 Å². The highest BCUT2D eigenvalue weighted by molar-refractivity contribution is 6.30. The van der Waals surface area contributed by atoms with Gasteiger partial charge in [0, 0.05) is 23.5 Å². The van der Waals surface area contributed by atoms with E-state index in [2.05, 4.69) is 10.4 Å². The Hall–Kier alpha value is -2.66. The number of benzene rings is 2. The lowest BCUT2D eigenvalue weighted by atomic mass is 10.1. The number of nitrogens with one attached hydrogen (secondary N) is 1. The zero-order valence-electron chi connectivity index (χ0n) is 13.8. The van der Waals surface area contributed by atoms with Crippen molar-refractivity contribution in [1.29, 1.82) is 0 Å². The van der Waals surface area contributed by atoms with Crippen molar-refractivity contribution >= 4 is 28.3 Å². The van der Waals surface area contributed by atoms with Crippen molar-refractivity contribution in [1.82, 2.24) is 15.1 Å². The van der Waals surface area contributed by atoms with E-state index in [0.29, 0.717) is 28.9 Å². The minimum atomic E-state index is -0.318. The van der Waals surface area contributed by atoms with Crippen molar-refractivity contribution in [3.8, 4) is 0 Å². The Labute approximate surface area is 150 Å². The molecule has 25 heavy (non-hydrogen) atoms. The second-order valence-corrected chi connectivity index (χ2v) is 6.17. The van der Waals surface area contributed by atoms with E-state index in [-0.39, 0.29) is 17.2 Å². The molecule has 0 bridgehead atoms. The van der Waals surface area contributed by atoms with E-state index >= 15 is 0 Å². The quantitative estimate of drug-likeness (QED) is 0.763. The maximum atomic E-state index is 12.7. The lowest BCUT2D eigenvalue weighted by Gasteiger charge is -2.11. The van der Waals surface area contributed by atoms with Gasteiger partial charge in [0.2, 0.25) is 0 Å². The third-order valence-electron chi connectivity index (χ3n) is 3.86. The molecular formula is C19H18ClN3O2. The third kappa shape index (κ3) is 3.72. The van der Waals surface area contributed by atoms with E-state index in [1.807, 2.05) is 19.1 Å². The largest absolute Gasteiger partial charge is 0.347 e. The Balaban J connectivity index is 1.95. The van der Waals surface area contributed by atoms with Crippen molar-refractivity contribution in [3.05, 3.63) is 75.2 Å². The van der Waals surface area contributed by atoms with Gasteiger partial charge in [-0.25, -0.2) is 4.68 Å². The summed E-state index contributed by atoms with van der Waals surface area (Å²) in [6, 6.07) is 14.3. The van der Waals surface area contributed by atoms with Crippen LogP contribution in [0.15, 0.2) is 53.3 Å². The number of amides is 1. The Bertz CT molecular complexity index is 982. The molecule has 3 rings (SSSR count). The van der Waals surface area contributed by atoms with Gasteiger partial charge < -0.3 is 5.32 Å². The highest BCUT2D eigenvalue weighted by atomic mass is 35.5. The molecule has 6 heteroatoms. The van der Waals surface area contributed by atoms with Gasteiger partial charge in [-0.3, -0.25) is 9.59 Å². The van der Waals surface area contributed by atoms with E-state index in [4.69, 9.17) is 11.6 Å². The molecule has 0 aliphatic carbocycles. The lowest BCUT2D eigenvalue weighted by Crippen LogP contribution is -2.30. The molecule has 5 nitrogen and oxygen atoms in total. The predicted molar refractivity (Wildman–Crippen MR) is 98.9 cm³/mol. The Kier molecular flexibility index (Phi) is 5.14. The summed E-state index contributed by atoms with van der Waals surface area (Å²) in [6.07, 6.45) is 0.759. The van der Waals surface area contributed by atoms with Gasteiger partial charge in [-0.15, -0.1) is 0 Å². The standard InChI is InChI=1S/C19H18ClN3O2/c1-2-10-23-19(25)16-9-4-3-8-15(16)17(22-23)18(24)21-12-13-6-5-7-14(20)11-13/h3-9,11H,2,10,12H2,1H3,(H,21,24). The van der Waals surface area contributed by atoms with Gasteiger partial charge >= 0.3 is 0 Å². The minimum absolute atomic E-state index is 0.177. The van der Waals surface area contributed by atoms with Gasteiger partial charge in [0.05, 0.1) is 5.39 Å². The van der Waals surface area contributed by atoms with Gasteiger partial charge in [0.25, 0.3) is 11.5 Å². The molecule has 3 aromatic rings. The summed E-state index contributed by atoms with van der Waals surface area (Å²) in [5, 5.41) is 8.81. The topological polar surface area (TPSA) is 64.0 Å². The molecule has 0 aliphatic heterocycles. The fraction of sp³-hybridized carbons (Fsp3) is 0.211. The molecule has 0 aliphatic rings. The average Bonchev–Trinajstić information content (AvgIpc) is 2.62. The van der Waals surface area contributed by atoms with Gasteiger partial charge in [0.1, 0.15) is 0 Å². The number of hydrogen-bond acceptors (Lipinski definition) is 3. The first kappa shape index (κ1) is 17.2. The van der Waals surface area contributed by atoms with Gasteiger partial charge in [-0.05, 0) is 30.2 Å². The van der Waals surface area contributed by atoms with E-state index in [9.17, 15) is 9.59 Å². The van der Waals surface area contributed by atoms with Crippen LogP contribution in [0.5, 0.6) is 0 Å². The first-order valence-corrected chi connectivity index (χ1v) is 8.50. The summed E-state index contributed by atoms with van der Waals surface area (Å²) in [4.78, 5) is 25.1. The first-order valence-electron chi connectivity index (χ1n) is 8.12. The number of aromatic nitrogens is 2. The van der Waals surface area contributed by atoms with Crippen LogP contribution in [0.25, 0.3) is 10.8 Å². The summed E-state index contributed by atoms with van der Waals surface area (Å²) < 4.78 is 1.36. The highest BCUT2D eigenvalue weighted by Crippen LogP contribution is 2.14. The predicted octanol–water partition coefficient (Wildman–Crippen LogP) is 3.39. The zero-order chi connectivity index (χ0) is 17.8. The Morgan fingerprint density at radius 2 is 1.92 bits per heavy atom. The SMILES string of the molecule is CCCn1nc(C(=O)NCc2cccc(Cl)c2)c2ccccc2c1=O. The summed E-state index contributed by atoms with van der Waals surface area (Å²) >= 11 is 5.97. The van der Waals surface area contributed by atoms with E-state index < -0.39 is 0 Å². The fourth-order valence-electron chi connectivity index (χ4n) is 2.68. The molecule has 0 saturated carbocycles. The highest BCUT2D eigenvalue weighted by Gasteiger charge is 2.16. The van der Waals surface area contributed by atoms with Crippen molar-refractivity contribution < 1.29 is 4.79 Å². The number of fused-ring (bicyclic) bond motifs is 1. The van der Waals surface area contributed by atoms with E-state index in [1.54, 1.807) is 36.4 Å². The molecule has 1 heterocycles. The molecule has 2 aromatic carbocycles. The second-order valence-electron chi connectivity index (χ2n) is 5.74. The molecule has 0 spiro atoms. The van der Waals surface area contributed by atoms with Crippen molar-refractivity contribution in [2.45, 2.75) is 26.4 Å². The molecule has 0 fully saturated rings. The van der Waals surface area contributed by atoms with Crippen LogP contribution in [0.2, 0.25) is 5.02 Å². The van der Waals surface area contributed by atoms with Crippen LogP contribution in [-0.2, 0) is 13.1 Å². The molecular weight excluding hydrogens is 338 g/mol. The van der Waals surface area contributed by atoms with Gasteiger partial charge in [0.15, 0.2) is 5.69 Å². The molecule has 1 aromatic heterocycles. The molecule has 0 atom stereocenters.